The topological polar surface area (TPSA) is 53.8 Å². The Bertz CT molecular complexity index is 1440. The Hall–Kier alpha value is -3.07. The van der Waals surface area contributed by atoms with Gasteiger partial charge in [0.15, 0.2) is 0 Å². The van der Waals surface area contributed by atoms with Crippen molar-refractivity contribution in [1.82, 2.24) is 9.21 Å². The summed E-state index contributed by atoms with van der Waals surface area (Å²) in [5.41, 5.74) is 2.46. The second-order valence-corrected chi connectivity index (χ2v) is 10.4. The van der Waals surface area contributed by atoms with Crippen LogP contribution in [0.15, 0.2) is 82.1 Å². The summed E-state index contributed by atoms with van der Waals surface area (Å²) in [4.78, 5) is 2.14. The second kappa shape index (κ2) is 9.29. The molecule has 0 amide bonds. The number of hydrogen-bond donors (Lipinski definition) is 0. The molecule has 0 saturated carbocycles. The van der Waals surface area contributed by atoms with E-state index in [4.69, 9.17) is 4.42 Å². The van der Waals surface area contributed by atoms with Crippen molar-refractivity contribution in [2.45, 2.75) is 17.9 Å². The van der Waals surface area contributed by atoms with Gasteiger partial charge in [0.05, 0.1) is 11.4 Å². The van der Waals surface area contributed by atoms with Crippen LogP contribution in [0.2, 0.25) is 0 Å². The van der Waals surface area contributed by atoms with Crippen LogP contribution in [0.25, 0.3) is 22.1 Å². The zero-order valence-electron chi connectivity index (χ0n) is 18.5. The van der Waals surface area contributed by atoms with Gasteiger partial charge < -0.3 is 4.42 Å². The van der Waals surface area contributed by atoms with Crippen LogP contribution in [0.5, 0.6) is 0 Å². The monoisotopic (exact) mass is 482 g/mol. The largest absolute Gasteiger partial charge is 0.460 e. The molecule has 5 nitrogen and oxygen atoms in total. The van der Waals surface area contributed by atoms with Crippen LogP contribution in [0.4, 0.5) is 8.78 Å². The minimum Gasteiger partial charge on any atom is -0.460 e. The lowest BCUT2D eigenvalue weighted by atomic mass is 10.0. The van der Waals surface area contributed by atoms with E-state index in [0.717, 1.165) is 40.5 Å². The highest BCUT2D eigenvalue weighted by molar-refractivity contribution is 7.89. The lowest BCUT2D eigenvalue weighted by Gasteiger charge is -2.21. The molecule has 0 atom stereocenters. The minimum absolute atomic E-state index is 0.0210. The van der Waals surface area contributed by atoms with Gasteiger partial charge in [0.2, 0.25) is 10.0 Å². The first-order valence-electron chi connectivity index (χ1n) is 11.1. The number of hydrogen-bond acceptors (Lipinski definition) is 4. The van der Waals surface area contributed by atoms with Crippen molar-refractivity contribution in [3.8, 4) is 11.1 Å². The minimum atomic E-state index is -3.74. The van der Waals surface area contributed by atoms with Gasteiger partial charge in [0.25, 0.3) is 0 Å². The first kappa shape index (κ1) is 22.7. The maximum atomic E-state index is 13.6. The summed E-state index contributed by atoms with van der Waals surface area (Å²) in [5.74, 6) is -0.0594. The van der Waals surface area contributed by atoms with Crippen molar-refractivity contribution in [3.05, 3.63) is 90.2 Å². The molecule has 0 bridgehead atoms. The molecule has 176 valence electrons. The van der Waals surface area contributed by atoms with Gasteiger partial charge in [-0.2, -0.15) is 4.31 Å². The molecule has 34 heavy (non-hydrogen) atoms. The van der Waals surface area contributed by atoms with Crippen LogP contribution in [-0.4, -0.2) is 43.8 Å². The first-order chi connectivity index (χ1) is 16.4. The predicted molar refractivity (Wildman–Crippen MR) is 127 cm³/mol. The SMILES string of the molecule is O=S(=O)(c1cccc(F)c1)N1CCCN(Cc2cc3cc(-c4cccc(F)c4)ccc3o2)CC1. The van der Waals surface area contributed by atoms with E-state index in [1.165, 1.54) is 34.6 Å². The Balaban J connectivity index is 1.29. The fraction of sp³-hybridized carbons (Fsp3) is 0.231. The molecule has 1 saturated heterocycles. The van der Waals surface area contributed by atoms with E-state index in [0.29, 0.717) is 32.6 Å². The molecule has 1 aromatic heterocycles. The van der Waals surface area contributed by atoms with Crippen molar-refractivity contribution in [2.75, 3.05) is 26.2 Å². The molecule has 0 radical (unpaired) electrons. The lowest BCUT2D eigenvalue weighted by molar-refractivity contribution is 0.258. The van der Waals surface area contributed by atoms with E-state index in [-0.39, 0.29) is 10.7 Å². The van der Waals surface area contributed by atoms with Gasteiger partial charge in [-0.25, -0.2) is 17.2 Å². The van der Waals surface area contributed by atoms with E-state index >= 15 is 0 Å². The van der Waals surface area contributed by atoms with Crippen molar-refractivity contribution >= 4 is 21.0 Å². The number of nitrogens with zero attached hydrogens (tertiary/aromatic N) is 2. The molecule has 1 aliphatic heterocycles. The molecule has 5 rings (SSSR count). The number of furan rings is 1. The molecule has 0 unspecified atom stereocenters. The van der Waals surface area contributed by atoms with Gasteiger partial charge in [0, 0.05) is 25.0 Å². The van der Waals surface area contributed by atoms with Crippen molar-refractivity contribution < 1.29 is 21.6 Å². The highest BCUT2D eigenvalue weighted by Gasteiger charge is 2.27. The first-order valence-corrected chi connectivity index (χ1v) is 12.6. The third kappa shape index (κ3) is 4.75. The number of fused-ring (bicyclic) bond motifs is 1. The Labute approximate surface area is 197 Å². The normalized spacial score (nSPS) is 16.1. The Kier molecular flexibility index (Phi) is 6.20. The summed E-state index contributed by atoms with van der Waals surface area (Å²) in [6.45, 7) is 2.52. The molecule has 1 aliphatic rings. The van der Waals surface area contributed by atoms with E-state index in [1.807, 2.05) is 30.3 Å². The number of sulfonamides is 1. The van der Waals surface area contributed by atoms with Crippen LogP contribution < -0.4 is 0 Å². The molecule has 3 aromatic carbocycles. The molecule has 0 N–H and O–H groups in total. The van der Waals surface area contributed by atoms with Crippen LogP contribution in [0.3, 0.4) is 0 Å². The summed E-state index contributed by atoms with van der Waals surface area (Å²) in [6.07, 6.45) is 0.665. The Morgan fingerprint density at radius 1 is 0.794 bits per heavy atom. The molecular weight excluding hydrogens is 458 g/mol. The van der Waals surface area contributed by atoms with Gasteiger partial charge in [-0.1, -0.05) is 24.3 Å². The summed E-state index contributed by atoms with van der Waals surface area (Å²) in [5, 5.41) is 0.932. The van der Waals surface area contributed by atoms with Crippen molar-refractivity contribution in [1.29, 1.82) is 0 Å². The van der Waals surface area contributed by atoms with Gasteiger partial charge in [-0.3, -0.25) is 4.90 Å². The highest BCUT2D eigenvalue weighted by atomic mass is 32.2. The van der Waals surface area contributed by atoms with Crippen LogP contribution in [-0.2, 0) is 16.6 Å². The third-order valence-electron chi connectivity index (χ3n) is 6.09. The van der Waals surface area contributed by atoms with Crippen LogP contribution >= 0.6 is 0 Å². The molecule has 2 heterocycles. The van der Waals surface area contributed by atoms with E-state index in [1.54, 1.807) is 6.07 Å². The molecule has 0 aliphatic carbocycles. The smallest absolute Gasteiger partial charge is 0.243 e. The number of halogens is 2. The Morgan fingerprint density at radius 2 is 1.56 bits per heavy atom. The lowest BCUT2D eigenvalue weighted by Crippen LogP contribution is -2.35. The molecular formula is C26H24F2N2O3S. The summed E-state index contributed by atoms with van der Waals surface area (Å²) in [6, 6.07) is 19.4. The second-order valence-electron chi connectivity index (χ2n) is 8.47. The zero-order valence-corrected chi connectivity index (χ0v) is 19.3. The summed E-state index contributed by atoms with van der Waals surface area (Å²) >= 11 is 0. The third-order valence-corrected chi connectivity index (χ3v) is 7.98. The van der Waals surface area contributed by atoms with Crippen LogP contribution in [0, 0.1) is 11.6 Å². The number of rotatable bonds is 5. The average molecular weight is 483 g/mol. The van der Waals surface area contributed by atoms with Gasteiger partial charge in [0.1, 0.15) is 23.0 Å². The fourth-order valence-electron chi connectivity index (χ4n) is 4.37. The van der Waals surface area contributed by atoms with Gasteiger partial charge in [-0.15, -0.1) is 0 Å². The van der Waals surface area contributed by atoms with Crippen molar-refractivity contribution in [2.24, 2.45) is 0 Å². The van der Waals surface area contributed by atoms with Crippen LogP contribution in [0.1, 0.15) is 12.2 Å². The number of benzene rings is 3. The highest BCUT2D eigenvalue weighted by Crippen LogP contribution is 2.28. The average Bonchev–Trinajstić information content (AvgIpc) is 3.06. The van der Waals surface area contributed by atoms with E-state index in [9.17, 15) is 17.2 Å². The molecule has 8 heteroatoms. The predicted octanol–water partition coefficient (Wildman–Crippen LogP) is 5.27. The molecule has 0 spiro atoms. The standard InChI is InChI=1S/C26H24F2N2O3S/c27-22-5-1-4-19(15-22)20-8-9-26-21(14-20)16-24(33-26)18-29-10-3-11-30(13-12-29)34(31,32)25-7-2-6-23(28)17-25/h1-2,4-9,14-17H,3,10-13,18H2. The fourth-order valence-corrected chi connectivity index (χ4v) is 5.87. The van der Waals surface area contributed by atoms with E-state index < -0.39 is 15.8 Å². The van der Waals surface area contributed by atoms with Crippen molar-refractivity contribution in [3.63, 3.8) is 0 Å². The molecule has 1 fully saturated rings. The summed E-state index contributed by atoms with van der Waals surface area (Å²) in [7, 11) is -3.74. The summed E-state index contributed by atoms with van der Waals surface area (Å²) < 4.78 is 60.5. The Morgan fingerprint density at radius 3 is 2.35 bits per heavy atom. The van der Waals surface area contributed by atoms with E-state index in [2.05, 4.69) is 4.90 Å². The van der Waals surface area contributed by atoms with Gasteiger partial charge >= 0.3 is 0 Å². The maximum absolute atomic E-state index is 13.6. The molecule has 4 aromatic rings. The zero-order chi connectivity index (χ0) is 23.7. The maximum Gasteiger partial charge on any atom is 0.243 e. The quantitative estimate of drug-likeness (QED) is 0.389. The van der Waals surface area contributed by atoms with Gasteiger partial charge in [-0.05, 0) is 72.6 Å².